The fraction of sp³-hybridized carbons (Fsp3) is 0.316. The average Bonchev–Trinajstić information content (AvgIpc) is 3.13. The van der Waals surface area contributed by atoms with Crippen LogP contribution in [-0.4, -0.2) is 20.7 Å². The van der Waals surface area contributed by atoms with E-state index in [-0.39, 0.29) is 11.8 Å². The topological polar surface area (TPSA) is 59.8 Å². The fourth-order valence-electron chi connectivity index (χ4n) is 2.64. The number of carbonyl (C=O) groups excluding carboxylic acids is 1. The van der Waals surface area contributed by atoms with Gasteiger partial charge >= 0.3 is 0 Å². The Balaban J connectivity index is 1.55. The molecule has 0 radical (unpaired) electrons. The second-order valence-corrected chi connectivity index (χ2v) is 7.64. The summed E-state index contributed by atoms with van der Waals surface area (Å²) in [6, 6.07) is 4.49. The molecule has 3 aromatic heterocycles. The predicted molar refractivity (Wildman–Crippen MR) is 101 cm³/mol. The van der Waals surface area contributed by atoms with Crippen molar-refractivity contribution in [2.45, 2.75) is 32.7 Å². The van der Waals surface area contributed by atoms with E-state index in [0.717, 1.165) is 40.1 Å². The minimum absolute atomic E-state index is 0.104. The lowest BCUT2D eigenvalue weighted by Crippen LogP contribution is -2.13. The number of hydrogen-bond donors (Lipinski definition) is 1. The van der Waals surface area contributed by atoms with Crippen molar-refractivity contribution in [3.63, 3.8) is 0 Å². The molecule has 0 unspecified atom stereocenters. The molecule has 5 nitrogen and oxygen atoms in total. The fourth-order valence-corrected chi connectivity index (χ4v) is 3.54. The van der Waals surface area contributed by atoms with Gasteiger partial charge in [0.2, 0.25) is 5.91 Å². The van der Waals surface area contributed by atoms with E-state index < -0.39 is 0 Å². The number of amides is 1. The van der Waals surface area contributed by atoms with Crippen molar-refractivity contribution in [3.05, 3.63) is 42.3 Å². The Morgan fingerprint density at radius 2 is 2.04 bits per heavy atom. The molecule has 1 amide bonds. The quantitative estimate of drug-likeness (QED) is 0.730. The van der Waals surface area contributed by atoms with Crippen LogP contribution in [0.4, 0.5) is 5.69 Å². The van der Waals surface area contributed by atoms with E-state index in [0.29, 0.717) is 6.04 Å². The highest BCUT2D eigenvalue weighted by atomic mass is 32.1. The van der Waals surface area contributed by atoms with Gasteiger partial charge in [-0.1, -0.05) is 0 Å². The van der Waals surface area contributed by atoms with Gasteiger partial charge in [-0.2, -0.15) is 5.10 Å². The van der Waals surface area contributed by atoms with Crippen molar-refractivity contribution in [1.29, 1.82) is 0 Å². The zero-order valence-electron chi connectivity index (χ0n) is 14.3. The highest BCUT2D eigenvalue weighted by molar-refractivity contribution is 7.14. The van der Waals surface area contributed by atoms with Crippen LogP contribution in [0.3, 0.4) is 0 Å². The Hall–Kier alpha value is -2.47. The summed E-state index contributed by atoms with van der Waals surface area (Å²) in [7, 11) is 0. The first-order valence-corrected chi connectivity index (χ1v) is 9.37. The van der Waals surface area contributed by atoms with Gasteiger partial charge in [0.15, 0.2) is 0 Å². The number of carbonyl (C=O) groups is 1. The van der Waals surface area contributed by atoms with Crippen molar-refractivity contribution < 1.29 is 4.79 Å². The SMILES string of the molecule is CC(C)n1cc(-c2csc(-c3cncc(NC(=O)C4CC4)c3)c2)cn1. The summed E-state index contributed by atoms with van der Waals surface area (Å²) in [4.78, 5) is 17.3. The summed E-state index contributed by atoms with van der Waals surface area (Å²) in [5.74, 6) is 0.293. The summed E-state index contributed by atoms with van der Waals surface area (Å²) in [5, 5.41) is 9.49. The van der Waals surface area contributed by atoms with Gasteiger partial charge in [0.25, 0.3) is 0 Å². The Kier molecular flexibility index (Phi) is 4.13. The predicted octanol–water partition coefficient (Wildman–Crippen LogP) is 4.60. The molecule has 0 bridgehead atoms. The smallest absolute Gasteiger partial charge is 0.227 e. The second-order valence-electron chi connectivity index (χ2n) is 6.73. The lowest BCUT2D eigenvalue weighted by Gasteiger charge is -2.05. The van der Waals surface area contributed by atoms with Crippen LogP contribution < -0.4 is 5.32 Å². The molecule has 1 aliphatic rings. The number of rotatable bonds is 5. The van der Waals surface area contributed by atoms with Gasteiger partial charge < -0.3 is 5.32 Å². The molecule has 1 aliphatic carbocycles. The standard InChI is InChI=1S/C19H20N4OS/c1-12(2)23-10-16(8-21-23)15-6-18(25-11-15)14-5-17(9-20-7-14)22-19(24)13-3-4-13/h5-13H,3-4H2,1-2H3,(H,22,24). The summed E-state index contributed by atoms with van der Waals surface area (Å²) in [6.07, 6.45) is 9.50. The highest BCUT2D eigenvalue weighted by Crippen LogP contribution is 2.34. The molecule has 0 aliphatic heterocycles. The van der Waals surface area contributed by atoms with Gasteiger partial charge in [0.1, 0.15) is 0 Å². The van der Waals surface area contributed by atoms with Crippen LogP contribution in [0, 0.1) is 5.92 Å². The molecule has 6 heteroatoms. The molecule has 25 heavy (non-hydrogen) atoms. The van der Waals surface area contributed by atoms with Gasteiger partial charge in [-0.25, -0.2) is 0 Å². The van der Waals surface area contributed by atoms with Crippen LogP contribution in [0.2, 0.25) is 0 Å². The number of thiophene rings is 1. The molecule has 0 saturated heterocycles. The van der Waals surface area contributed by atoms with Crippen molar-refractivity contribution >= 4 is 22.9 Å². The highest BCUT2D eigenvalue weighted by Gasteiger charge is 2.29. The largest absolute Gasteiger partial charge is 0.324 e. The number of aromatic nitrogens is 3. The summed E-state index contributed by atoms with van der Waals surface area (Å²) in [5.41, 5.74) is 4.04. The first-order chi connectivity index (χ1) is 12.1. The van der Waals surface area contributed by atoms with E-state index in [2.05, 4.69) is 46.9 Å². The van der Waals surface area contributed by atoms with Crippen LogP contribution in [0.15, 0.2) is 42.3 Å². The van der Waals surface area contributed by atoms with E-state index in [1.807, 2.05) is 23.1 Å². The lowest BCUT2D eigenvalue weighted by molar-refractivity contribution is -0.117. The van der Waals surface area contributed by atoms with Crippen LogP contribution in [0.5, 0.6) is 0 Å². The Bertz CT molecular complexity index is 908. The molecular formula is C19H20N4OS. The maximum absolute atomic E-state index is 11.9. The molecule has 3 aromatic rings. The molecule has 1 N–H and O–H groups in total. The Labute approximate surface area is 150 Å². The van der Waals surface area contributed by atoms with E-state index in [4.69, 9.17) is 0 Å². The molecular weight excluding hydrogens is 332 g/mol. The Morgan fingerprint density at radius 1 is 1.20 bits per heavy atom. The van der Waals surface area contributed by atoms with Crippen LogP contribution in [-0.2, 0) is 4.79 Å². The third-order valence-corrected chi connectivity index (χ3v) is 5.28. The van der Waals surface area contributed by atoms with Gasteiger partial charge in [-0.3, -0.25) is 14.5 Å². The minimum Gasteiger partial charge on any atom is -0.324 e. The summed E-state index contributed by atoms with van der Waals surface area (Å²) < 4.78 is 1.96. The van der Waals surface area contributed by atoms with E-state index >= 15 is 0 Å². The monoisotopic (exact) mass is 352 g/mol. The van der Waals surface area contributed by atoms with Crippen molar-refractivity contribution in [2.24, 2.45) is 5.92 Å². The van der Waals surface area contributed by atoms with Gasteiger partial charge in [0.05, 0.1) is 18.1 Å². The van der Waals surface area contributed by atoms with Crippen molar-refractivity contribution in [2.75, 3.05) is 5.32 Å². The van der Waals surface area contributed by atoms with E-state index in [9.17, 15) is 4.79 Å². The van der Waals surface area contributed by atoms with Crippen LogP contribution in [0.1, 0.15) is 32.7 Å². The van der Waals surface area contributed by atoms with Crippen LogP contribution in [0.25, 0.3) is 21.6 Å². The minimum atomic E-state index is 0.104. The molecule has 3 heterocycles. The molecule has 0 atom stereocenters. The molecule has 0 aromatic carbocycles. The maximum Gasteiger partial charge on any atom is 0.227 e. The van der Waals surface area contributed by atoms with Crippen LogP contribution >= 0.6 is 11.3 Å². The normalized spacial score (nSPS) is 14.0. The third kappa shape index (κ3) is 3.49. The molecule has 1 fully saturated rings. The van der Waals surface area contributed by atoms with Gasteiger partial charge in [-0.15, -0.1) is 11.3 Å². The Morgan fingerprint density at radius 3 is 2.76 bits per heavy atom. The number of pyridine rings is 1. The zero-order chi connectivity index (χ0) is 17.4. The van der Waals surface area contributed by atoms with Gasteiger partial charge in [0, 0.05) is 40.4 Å². The number of hydrogen-bond acceptors (Lipinski definition) is 4. The number of nitrogens with one attached hydrogen (secondary N) is 1. The van der Waals surface area contributed by atoms with Crippen molar-refractivity contribution in [1.82, 2.24) is 14.8 Å². The molecule has 0 spiro atoms. The van der Waals surface area contributed by atoms with E-state index in [1.165, 1.54) is 0 Å². The molecule has 1 saturated carbocycles. The second kappa shape index (κ2) is 6.44. The number of anilines is 1. The van der Waals surface area contributed by atoms with Crippen molar-refractivity contribution in [3.8, 4) is 21.6 Å². The summed E-state index contributed by atoms with van der Waals surface area (Å²) in [6.45, 7) is 4.23. The molecule has 128 valence electrons. The molecule has 4 rings (SSSR count). The van der Waals surface area contributed by atoms with Gasteiger partial charge in [-0.05, 0) is 49.8 Å². The number of nitrogens with zero attached hydrogens (tertiary/aromatic N) is 3. The first kappa shape index (κ1) is 16.0. The lowest BCUT2D eigenvalue weighted by atomic mass is 10.1. The zero-order valence-corrected chi connectivity index (χ0v) is 15.1. The summed E-state index contributed by atoms with van der Waals surface area (Å²) >= 11 is 1.67. The third-order valence-electron chi connectivity index (χ3n) is 4.30. The average molecular weight is 352 g/mol. The first-order valence-electron chi connectivity index (χ1n) is 8.49. The maximum atomic E-state index is 11.9. The van der Waals surface area contributed by atoms with E-state index in [1.54, 1.807) is 17.5 Å².